The predicted octanol–water partition coefficient (Wildman–Crippen LogP) is 4.64. The number of methoxy groups -OCH3 is 1. The summed E-state index contributed by atoms with van der Waals surface area (Å²) in [7, 11) is 1.54. The van der Waals surface area contributed by atoms with Gasteiger partial charge in [-0.2, -0.15) is 5.06 Å². The van der Waals surface area contributed by atoms with E-state index in [2.05, 4.69) is 4.90 Å². The van der Waals surface area contributed by atoms with Crippen molar-refractivity contribution in [3.05, 3.63) is 89.4 Å². The lowest BCUT2D eigenvalue weighted by atomic mass is 10.0. The van der Waals surface area contributed by atoms with Gasteiger partial charge in [-0.3, -0.25) is 14.8 Å². The van der Waals surface area contributed by atoms with E-state index in [4.69, 9.17) is 21.1 Å². The van der Waals surface area contributed by atoms with Crippen LogP contribution in [0.15, 0.2) is 78.9 Å². The minimum absolute atomic E-state index is 0.00256. The normalized spacial score (nSPS) is 14.2. The van der Waals surface area contributed by atoms with Gasteiger partial charge in [0.2, 0.25) is 5.91 Å². The minimum atomic E-state index is -0.854. The van der Waals surface area contributed by atoms with Crippen LogP contribution in [0.5, 0.6) is 5.75 Å². The highest BCUT2D eigenvalue weighted by atomic mass is 35.5. The highest BCUT2D eigenvalue weighted by molar-refractivity contribution is 6.30. The fourth-order valence-electron chi connectivity index (χ4n) is 4.34. The van der Waals surface area contributed by atoms with Crippen molar-refractivity contribution >= 4 is 34.8 Å². The fraction of sp³-hybridized carbons (Fsp3) is 0.310. The average Bonchev–Trinajstić information content (AvgIpc) is 2.97. The molecule has 8 nitrogen and oxygen atoms in total. The zero-order chi connectivity index (χ0) is 26.9. The molecule has 38 heavy (non-hydrogen) atoms. The smallest absolute Gasteiger partial charge is 0.256 e. The third-order valence-corrected chi connectivity index (χ3v) is 6.80. The first-order chi connectivity index (χ1) is 18.4. The van der Waals surface area contributed by atoms with E-state index in [1.54, 1.807) is 29.2 Å². The maximum atomic E-state index is 13.3. The van der Waals surface area contributed by atoms with Crippen molar-refractivity contribution in [2.24, 2.45) is 5.92 Å². The van der Waals surface area contributed by atoms with Gasteiger partial charge >= 0.3 is 0 Å². The lowest BCUT2D eigenvalue weighted by Crippen LogP contribution is -2.50. The van der Waals surface area contributed by atoms with Crippen molar-refractivity contribution in [1.29, 1.82) is 0 Å². The van der Waals surface area contributed by atoms with Crippen LogP contribution in [0.3, 0.4) is 0 Å². The molecule has 3 aromatic carbocycles. The van der Waals surface area contributed by atoms with Gasteiger partial charge in [0.15, 0.2) is 0 Å². The molecule has 0 aromatic heterocycles. The minimum Gasteiger partial charge on any atom is -0.497 e. The molecular formula is C29H32ClN3O5. The number of carbonyl (C=O) groups excluding carboxylic acids is 2. The number of amides is 2. The number of nitrogens with zero attached hydrogens (tertiary/aromatic N) is 3. The molecule has 0 saturated carbocycles. The Morgan fingerprint density at radius 1 is 0.947 bits per heavy atom. The third-order valence-electron chi connectivity index (χ3n) is 6.55. The van der Waals surface area contributed by atoms with Gasteiger partial charge in [-0.1, -0.05) is 41.9 Å². The molecule has 3 aromatic rings. The summed E-state index contributed by atoms with van der Waals surface area (Å²) in [4.78, 5) is 30.5. The second-order valence-corrected chi connectivity index (χ2v) is 9.53. The molecule has 200 valence electrons. The van der Waals surface area contributed by atoms with E-state index in [1.165, 1.54) is 7.11 Å². The largest absolute Gasteiger partial charge is 0.497 e. The first-order valence-electron chi connectivity index (χ1n) is 12.5. The lowest BCUT2D eigenvalue weighted by molar-refractivity contribution is -0.139. The third kappa shape index (κ3) is 7.25. The Hall–Kier alpha value is -3.59. The molecule has 1 N–H and O–H groups in total. The molecule has 1 aliphatic heterocycles. The van der Waals surface area contributed by atoms with Crippen molar-refractivity contribution in [2.75, 3.05) is 49.9 Å². The molecule has 1 aliphatic rings. The number of piperazine rings is 1. The van der Waals surface area contributed by atoms with Gasteiger partial charge < -0.3 is 19.3 Å². The maximum absolute atomic E-state index is 13.3. The van der Waals surface area contributed by atoms with Crippen LogP contribution in [0.4, 0.5) is 11.4 Å². The molecule has 0 aliphatic carbocycles. The van der Waals surface area contributed by atoms with Gasteiger partial charge in [-0.25, -0.2) is 0 Å². The molecule has 0 radical (unpaired) electrons. The second kappa shape index (κ2) is 13.3. The van der Waals surface area contributed by atoms with Crippen molar-refractivity contribution in [1.82, 2.24) is 4.90 Å². The molecule has 0 bridgehead atoms. The first kappa shape index (κ1) is 27.4. The molecular weight excluding hydrogens is 506 g/mol. The van der Waals surface area contributed by atoms with Crippen LogP contribution in [-0.2, 0) is 20.9 Å². The standard InChI is InChI=1S/C29H32ClN3O5/c1-37-27-13-11-26(12-14-27)33(36)29(35)23(21-38-20-22-5-3-2-4-6-22)19-28(34)32-17-15-31(16-18-32)25-9-7-24(30)8-10-25/h2-14,23,36H,15-21H2,1H3/t23-/m1/s1. The molecule has 1 saturated heterocycles. The number of hydroxylamine groups is 1. The van der Waals surface area contributed by atoms with Crippen LogP contribution in [-0.4, -0.2) is 61.8 Å². The number of ether oxygens (including phenoxy) is 2. The van der Waals surface area contributed by atoms with Gasteiger partial charge in [0.25, 0.3) is 5.91 Å². The average molecular weight is 538 g/mol. The Bertz CT molecular complexity index is 1180. The van der Waals surface area contributed by atoms with Crippen molar-refractivity contribution in [3.63, 3.8) is 0 Å². The number of halogens is 1. The quantitative estimate of drug-likeness (QED) is 0.300. The molecule has 2 amide bonds. The van der Waals surface area contributed by atoms with Gasteiger partial charge in [-0.15, -0.1) is 0 Å². The molecule has 9 heteroatoms. The summed E-state index contributed by atoms with van der Waals surface area (Å²) in [6.45, 7) is 2.72. The van der Waals surface area contributed by atoms with Crippen LogP contribution in [0.1, 0.15) is 12.0 Å². The second-order valence-electron chi connectivity index (χ2n) is 9.09. The van der Waals surface area contributed by atoms with E-state index in [0.717, 1.165) is 11.3 Å². The molecule has 0 spiro atoms. The Morgan fingerprint density at radius 2 is 1.61 bits per heavy atom. The summed E-state index contributed by atoms with van der Waals surface area (Å²) in [5, 5.41) is 12.0. The number of anilines is 2. The number of benzene rings is 3. The molecule has 1 heterocycles. The van der Waals surface area contributed by atoms with Crippen LogP contribution in [0, 0.1) is 5.92 Å². The number of hydrogen-bond acceptors (Lipinski definition) is 6. The summed E-state index contributed by atoms with van der Waals surface area (Å²) >= 11 is 6.00. The topological polar surface area (TPSA) is 82.5 Å². The highest BCUT2D eigenvalue weighted by Gasteiger charge is 2.30. The van der Waals surface area contributed by atoms with Crippen LogP contribution >= 0.6 is 11.6 Å². The molecule has 4 rings (SSSR count). The van der Waals surface area contributed by atoms with Gasteiger partial charge in [0.05, 0.1) is 31.9 Å². The zero-order valence-electron chi connectivity index (χ0n) is 21.3. The van der Waals surface area contributed by atoms with E-state index < -0.39 is 11.8 Å². The Kier molecular flexibility index (Phi) is 9.59. The molecule has 1 fully saturated rings. The summed E-state index contributed by atoms with van der Waals surface area (Å²) in [6.07, 6.45) is -0.0677. The van der Waals surface area contributed by atoms with E-state index in [0.29, 0.717) is 48.6 Å². The SMILES string of the molecule is COc1ccc(N(O)C(=O)[C@@H](COCc2ccccc2)CC(=O)N2CCN(c3ccc(Cl)cc3)CC2)cc1. The highest BCUT2D eigenvalue weighted by Crippen LogP contribution is 2.23. The Labute approximate surface area is 227 Å². The van der Waals surface area contributed by atoms with Crippen molar-refractivity contribution in [2.45, 2.75) is 13.0 Å². The summed E-state index contributed by atoms with van der Waals surface area (Å²) in [6, 6.07) is 23.7. The van der Waals surface area contributed by atoms with Crippen molar-refractivity contribution in [3.8, 4) is 5.75 Å². The van der Waals surface area contributed by atoms with Crippen molar-refractivity contribution < 1.29 is 24.3 Å². The number of hydrogen-bond donors (Lipinski definition) is 1. The molecule has 0 unspecified atom stereocenters. The van der Waals surface area contributed by atoms with Crippen LogP contribution in [0.25, 0.3) is 0 Å². The Morgan fingerprint density at radius 3 is 2.24 bits per heavy atom. The van der Waals surface area contributed by atoms with Crippen LogP contribution < -0.4 is 14.7 Å². The van der Waals surface area contributed by atoms with E-state index in [1.807, 2.05) is 54.6 Å². The zero-order valence-corrected chi connectivity index (χ0v) is 22.1. The van der Waals surface area contributed by atoms with Gasteiger partial charge in [0, 0.05) is 43.3 Å². The predicted molar refractivity (Wildman–Crippen MR) is 147 cm³/mol. The van der Waals surface area contributed by atoms with Gasteiger partial charge in [0.1, 0.15) is 5.75 Å². The lowest BCUT2D eigenvalue weighted by Gasteiger charge is -2.36. The van der Waals surface area contributed by atoms with Gasteiger partial charge in [-0.05, 0) is 54.1 Å². The van der Waals surface area contributed by atoms with Crippen LogP contribution in [0.2, 0.25) is 5.02 Å². The van der Waals surface area contributed by atoms with E-state index in [-0.39, 0.29) is 24.6 Å². The summed E-state index contributed by atoms with van der Waals surface area (Å²) < 4.78 is 11.0. The summed E-state index contributed by atoms with van der Waals surface area (Å²) in [5.74, 6) is -1.00. The molecule has 1 atom stereocenters. The van der Waals surface area contributed by atoms with E-state index in [9.17, 15) is 14.8 Å². The Balaban J connectivity index is 1.39. The summed E-state index contributed by atoms with van der Waals surface area (Å²) in [5.41, 5.74) is 2.30. The number of carbonyl (C=O) groups is 2. The fourth-order valence-corrected chi connectivity index (χ4v) is 4.47. The maximum Gasteiger partial charge on any atom is 0.256 e. The monoisotopic (exact) mass is 537 g/mol. The van der Waals surface area contributed by atoms with E-state index >= 15 is 0 Å². The number of rotatable bonds is 10. The first-order valence-corrected chi connectivity index (χ1v) is 12.9.